The molecular weight excluding hydrogens is 384 g/mol. The van der Waals surface area contributed by atoms with E-state index < -0.39 is 0 Å². The van der Waals surface area contributed by atoms with Crippen molar-refractivity contribution in [2.24, 2.45) is 0 Å². The van der Waals surface area contributed by atoms with Crippen molar-refractivity contribution in [3.8, 4) is 16.6 Å². The molecule has 0 saturated carbocycles. The van der Waals surface area contributed by atoms with Crippen LogP contribution < -0.4 is 5.32 Å². The fourth-order valence-corrected chi connectivity index (χ4v) is 3.46. The first-order chi connectivity index (χ1) is 13.2. The molecule has 0 spiro atoms. The standard InChI is InChI=1S/C19H15ClN4O2S/c20-16-6-2-1-5-15(16)19-24-14(12-27-19)10-17(25)26-9-8-23-18-13(11-21)4-3-7-22-18/h1-7,12H,8-10H2,(H,22,23). The van der Waals surface area contributed by atoms with Gasteiger partial charge in [0.2, 0.25) is 0 Å². The van der Waals surface area contributed by atoms with Crippen molar-refractivity contribution in [1.82, 2.24) is 9.97 Å². The first-order valence-electron chi connectivity index (χ1n) is 8.11. The quantitative estimate of drug-likeness (QED) is 0.479. The van der Waals surface area contributed by atoms with Gasteiger partial charge in [-0.05, 0) is 18.2 Å². The van der Waals surface area contributed by atoms with Crippen molar-refractivity contribution in [1.29, 1.82) is 5.26 Å². The number of ether oxygens (including phenoxy) is 1. The number of thiazole rings is 1. The highest BCUT2D eigenvalue weighted by atomic mass is 35.5. The number of aromatic nitrogens is 2. The Morgan fingerprint density at radius 3 is 2.96 bits per heavy atom. The second-order valence-electron chi connectivity index (χ2n) is 5.46. The average Bonchev–Trinajstić information content (AvgIpc) is 3.14. The van der Waals surface area contributed by atoms with E-state index in [1.54, 1.807) is 24.4 Å². The molecule has 136 valence electrons. The van der Waals surface area contributed by atoms with Crippen LogP contribution in [0.15, 0.2) is 48.0 Å². The molecular formula is C19H15ClN4O2S. The Labute approximate surface area is 165 Å². The molecule has 0 saturated heterocycles. The fourth-order valence-electron chi connectivity index (χ4n) is 2.32. The topological polar surface area (TPSA) is 87.9 Å². The van der Waals surface area contributed by atoms with Crippen LogP contribution in [0.25, 0.3) is 10.6 Å². The molecule has 0 fully saturated rings. The summed E-state index contributed by atoms with van der Waals surface area (Å²) in [5.74, 6) is 0.106. The third-order valence-electron chi connectivity index (χ3n) is 3.57. The number of esters is 1. The van der Waals surface area contributed by atoms with Crippen LogP contribution in [-0.4, -0.2) is 29.1 Å². The lowest BCUT2D eigenvalue weighted by Crippen LogP contribution is -2.16. The Balaban J connectivity index is 1.48. The predicted octanol–water partition coefficient (Wildman–Crippen LogP) is 3.93. The number of halogens is 1. The lowest BCUT2D eigenvalue weighted by molar-refractivity contribution is -0.142. The predicted molar refractivity (Wildman–Crippen MR) is 105 cm³/mol. The maximum Gasteiger partial charge on any atom is 0.311 e. The molecule has 3 rings (SSSR count). The van der Waals surface area contributed by atoms with E-state index in [-0.39, 0.29) is 19.0 Å². The Morgan fingerprint density at radius 2 is 2.15 bits per heavy atom. The summed E-state index contributed by atoms with van der Waals surface area (Å²) in [6.45, 7) is 0.529. The van der Waals surface area contributed by atoms with Crippen molar-refractivity contribution < 1.29 is 9.53 Å². The fraction of sp³-hybridized carbons (Fsp3) is 0.158. The van der Waals surface area contributed by atoms with Crippen molar-refractivity contribution in [3.05, 3.63) is 64.3 Å². The van der Waals surface area contributed by atoms with E-state index in [2.05, 4.69) is 15.3 Å². The number of carbonyl (C=O) groups excluding carboxylic acids is 1. The van der Waals surface area contributed by atoms with Gasteiger partial charge in [0.15, 0.2) is 0 Å². The molecule has 2 heterocycles. The molecule has 0 unspecified atom stereocenters. The minimum atomic E-state index is -0.366. The van der Waals surface area contributed by atoms with Gasteiger partial charge >= 0.3 is 5.97 Å². The first kappa shape index (κ1) is 18.8. The van der Waals surface area contributed by atoms with Gasteiger partial charge in [0.05, 0.1) is 29.2 Å². The number of pyridine rings is 1. The van der Waals surface area contributed by atoms with Crippen molar-refractivity contribution in [2.75, 3.05) is 18.5 Å². The molecule has 0 aliphatic heterocycles. The zero-order chi connectivity index (χ0) is 19.1. The first-order valence-corrected chi connectivity index (χ1v) is 9.37. The van der Waals surface area contributed by atoms with E-state index in [0.29, 0.717) is 28.6 Å². The lowest BCUT2D eigenvalue weighted by atomic mass is 10.2. The highest BCUT2D eigenvalue weighted by Crippen LogP contribution is 2.30. The van der Waals surface area contributed by atoms with Crippen LogP contribution in [-0.2, 0) is 16.0 Å². The number of carbonyl (C=O) groups is 1. The van der Waals surface area contributed by atoms with Gasteiger partial charge in [-0.15, -0.1) is 11.3 Å². The van der Waals surface area contributed by atoms with Crippen molar-refractivity contribution in [2.45, 2.75) is 6.42 Å². The van der Waals surface area contributed by atoms with Gasteiger partial charge in [-0.3, -0.25) is 4.79 Å². The van der Waals surface area contributed by atoms with E-state index >= 15 is 0 Å². The Hall–Kier alpha value is -2.95. The molecule has 6 nitrogen and oxygen atoms in total. The Kier molecular flexibility index (Phi) is 6.36. The van der Waals surface area contributed by atoms with Gasteiger partial charge in [-0.2, -0.15) is 5.26 Å². The molecule has 1 N–H and O–H groups in total. The highest BCUT2D eigenvalue weighted by molar-refractivity contribution is 7.13. The van der Waals surface area contributed by atoms with Gasteiger partial charge in [-0.25, -0.2) is 9.97 Å². The Morgan fingerprint density at radius 1 is 1.30 bits per heavy atom. The van der Waals surface area contributed by atoms with Gasteiger partial charge in [0.1, 0.15) is 23.5 Å². The summed E-state index contributed by atoms with van der Waals surface area (Å²) in [5.41, 5.74) is 1.93. The van der Waals surface area contributed by atoms with Crippen LogP contribution in [0.3, 0.4) is 0 Å². The zero-order valence-corrected chi connectivity index (χ0v) is 15.8. The molecule has 0 atom stereocenters. The van der Waals surface area contributed by atoms with E-state index in [9.17, 15) is 4.79 Å². The Bertz CT molecular complexity index is 984. The summed E-state index contributed by atoms with van der Waals surface area (Å²) in [6, 6.07) is 12.8. The number of hydrogen-bond acceptors (Lipinski definition) is 7. The molecule has 0 radical (unpaired) electrons. The third-order valence-corrected chi connectivity index (χ3v) is 4.82. The van der Waals surface area contributed by atoms with Crippen LogP contribution in [0.5, 0.6) is 0 Å². The van der Waals surface area contributed by atoms with Crippen LogP contribution in [0.2, 0.25) is 5.02 Å². The van der Waals surface area contributed by atoms with Crippen LogP contribution in [0, 0.1) is 11.3 Å². The number of nitriles is 1. The highest BCUT2D eigenvalue weighted by Gasteiger charge is 2.12. The maximum atomic E-state index is 12.0. The minimum absolute atomic E-state index is 0.0913. The average molecular weight is 399 g/mol. The molecule has 2 aromatic heterocycles. The number of anilines is 1. The molecule has 0 aliphatic carbocycles. The van der Waals surface area contributed by atoms with Crippen molar-refractivity contribution in [3.63, 3.8) is 0 Å². The van der Waals surface area contributed by atoms with Gasteiger partial charge in [-0.1, -0.05) is 29.8 Å². The van der Waals surface area contributed by atoms with E-state index in [0.717, 1.165) is 10.6 Å². The normalized spacial score (nSPS) is 10.2. The largest absolute Gasteiger partial charge is 0.464 e. The molecule has 8 heteroatoms. The summed E-state index contributed by atoms with van der Waals surface area (Å²) in [4.78, 5) is 20.5. The number of benzene rings is 1. The van der Waals surface area contributed by atoms with E-state index in [1.807, 2.05) is 29.6 Å². The van der Waals surface area contributed by atoms with Gasteiger partial charge in [0, 0.05) is 17.1 Å². The molecule has 0 aliphatic rings. The summed E-state index contributed by atoms with van der Waals surface area (Å²) in [7, 11) is 0. The molecule has 27 heavy (non-hydrogen) atoms. The number of nitrogens with zero attached hydrogens (tertiary/aromatic N) is 3. The number of hydrogen-bond donors (Lipinski definition) is 1. The number of rotatable bonds is 7. The smallest absolute Gasteiger partial charge is 0.311 e. The summed E-state index contributed by atoms with van der Waals surface area (Å²) in [5, 5.41) is 15.2. The molecule has 1 aromatic carbocycles. The zero-order valence-electron chi connectivity index (χ0n) is 14.2. The third kappa shape index (κ3) is 5.03. The van der Waals surface area contributed by atoms with Crippen molar-refractivity contribution >= 4 is 34.7 Å². The van der Waals surface area contributed by atoms with Crippen LogP contribution >= 0.6 is 22.9 Å². The molecule has 3 aromatic rings. The lowest BCUT2D eigenvalue weighted by Gasteiger charge is -2.07. The minimum Gasteiger partial charge on any atom is -0.464 e. The van der Waals surface area contributed by atoms with Gasteiger partial charge < -0.3 is 10.1 Å². The van der Waals surface area contributed by atoms with Crippen LogP contribution in [0.1, 0.15) is 11.3 Å². The number of nitrogens with one attached hydrogen (secondary N) is 1. The summed E-state index contributed by atoms with van der Waals surface area (Å²) >= 11 is 7.61. The van der Waals surface area contributed by atoms with Crippen LogP contribution in [0.4, 0.5) is 5.82 Å². The molecule has 0 bridgehead atoms. The van der Waals surface area contributed by atoms with E-state index in [1.165, 1.54) is 11.3 Å². The maximum absolute atomic E-state index is 12.0. The monoisotopic (exact) mass is 398 g/mol. The summed E-state index contributed by atoms with van der Waals surface area (Å²) in [6.07, 6.45) is 1.68. The van der Waals surface area contributed by atoms with E-state index in [4.69, 9.17) is 21.6 Å². The molecule has 0 amide bonds. The SMILES string of the molecule is N#Cc1cccnc1NCCOC(=O)Cc1csc(-c2ccccc2Cl)n1. The second-order valence-corrected chi connectivity index (χ2v) is 6.72. The second kappa shape index (κ2) is 9.12. The van der Waals surface area contributed by atoms with Gasteiger partial charge in [0.25, 0.3) is 0 Å². The summed E-state index contributed by atoms with van der Waals surface area (Å²) < 4.78 is 5.21.